The molecule has 0 bridgehead atoms. The van der Waals surface area contributed by atoms with E-state index >= 15 is 0 Å². The Balaban J connectivity index is 2.08. The summed E-state index contributed by atoms with van der Waals surface area (Å²) in [7, 11) is -1.08. The van der Waals surface area contributed by atoms with Gasteiger partial charge in [-0.3, -0.25) is 4.90 Å². The highest BCUT2D eigenvalue weighted by Crippen LogP contribution is 2.23. The van der Waals surface area contributed by atoms with Crippen molar-refractivity contribution in [1.82, 2.24) is 9.88 Å². The molecule has 1 aromatic carbocycles. The quantitative estimate of drug-likeness (QED) is 0.811. The van der Waals surface area contributed by atoms with E-state index < -0.39 is 9.84 Å². The average Bonchev–Trinajstić information content (AvgIpc) is 2.93. The van der Waals surface area contributed by atoms with Crippen molar-refractivity contribution in [2.45, 2.75) is 37.8 Å². The molecule has 0 amide bonds. The first-order valence-electron chi connectivity index (χ1n) is 7.24. The van der Waals surface area contributed by atoms with Crippen molar-refractivity contribution in [3.63, 3.8) is 0 Å². The normalized spacial score (nSPS) is 13.5. The number of rotatable bonds is 6. The van der Waals surface area contributed by atoms with Crippen LogP contribution in [0.3, 0.4) is 0 Å². The van der Waals surface area contributed by atoms with Crippen LogP contribution in [0.15, 0.2) is 34.5 Å². The van der Waals surface area contributed by atoms with Crippen LogP contribution < -0.4 is 0 Å². The third-order valence-electron chi connectivity index (χ3n) is 3.76. The summed E-state index contributed by atoms with van der Waals surface area (Å²) in [5.41, 5.74) is 2.19. The Morgan fingerprint density at radius 2 is 1.91 bits per heavy atom. The Bertz CT molecular complexity index is 721. The first-order valence-corrected chi connectivity index (χ1v) is 10.0. The lowest BCUT2D eigenvalue weighted by molar-refractivity contribution is 0.250. The Morgan fingerprint density at radius 1 is 1.27 bits per heavy atom. The van der Waals surface area contributed by atoms with E-state index in [0.29, 0.717) is 4.90 Å². The fourth-order valence-corrected chi connectivity index (χ4v) is 3.59. The lowest BCUT2D eigenvalue weighted by atomic mass is 10.1. The van der Waals surface area contributed by atoms with Crippen LogP contribution >= 0.6 is 11.3 Å². The van der Waals surface area contributed by atoms with Gasteiger partial charge in [0.05, 0.1) is 15.6 Å². The topological polar surface area (TPSA) is 50.3 Å². The highest BCUT2D eigenvalue weighted by atomic mass is 32.2. The van der Waals surface area contributed by atoms with Gasteiger partial charge in [-0.25, -0.2) is 13.4 Å². The molecule has 4 nitrogen and oxygen atoms in total. The molecule has 0 fully saturated rings. The van der Waals surface area contributed by atoms with Gasteiger partial charge in [0, 0.05) is 24.2 Å². The van der Waals surface area contributed by atoms with Crippen molar-refractivity contribution < 1.29 is 8.42 Å². The van der Waals surface area contributed by atoms with E-state index in [2.05, 4.69) is 36.2 Å². The fourth-order valence-electron chi connectivity index (χ4n) is 2.22. The molecule has 1 aromatic heterocycles. The van der Waals surface area contributed by atoms with Crippen molar-refractivity contribution >= 4 is 21.2 Å². The molecular weight excluding hydrogens is 316 g/mol. The Kier molecular flexibility index (Phi) is 5.36. The summed E-state index contributed by atoms with van der Waals surface area (Å²) < 4.78 is 23.0. The van der Waals surface area contributed by atoms with Crippen molar-refractivity contribution in [2.75, 3.05) is 13.3 Å². The highest BCUT2D eigenvalue weighted by Gasteiger charge is 2.14. The SMILES string of the molecule is CCc1nc(CN(C)[C@H](C)c2ccc(S(C)(=O)=O)cc2)cs1. The first-order chi connectivity index (χ1) is 10.3. The molecule has 1 heterocycles. The number of hydrogen-bond acceptors (Lipinski definition) is 5. The lowest BCUT2D eigenvalue weighted by Gasteiger charge is -2.24. The monoisotopic (exact) mass is 338 g/mol. The van der Waals surface area contributed by atoms with E-state index in [1.165, 1.54) is 6.26 Å². The number of nitrogens with zero attached hydrogens (tertiary/aromatic N) is 2. The predicted octanol–water partition coefficient (Wildman–Crippen LogP) is 3.30. The average molecular weight is 338 g/mol. The molecule has 0 saturated carbocycles. The van der Waals surface area contributed by atoms with Crippen molar-refractivity contribution in [2.24, 2.45) is 0 Å². The standard InChI is InChI=1S/C16H22N2O2S2/c1-5-16-17-14(11-21-16)10-18(3)12(2)13-6-8-15(9-7-13)22(4,19)20/h6-9,11-12H,5,10H2,1-4H3/t12-/m1/s1. The minimum absolute atomic E-state index is 0.195. The minimum Gasteiger partial charge on any atom is -0.294 e. The molecule has 0 N–H and O–H groups in total. The van der Waals surface area contributed by atoms with Gasteiger partial charge in [0.1, 0.15) is 0 Å². The number of aromatic nitrogens is 1. The second kappa shape index (κ2) is 6.89. The minimum atomic E-state index is -3.14. The number of benzene rings is 1. The molecule has 1 atom stereocenters. The van der Waals surface area contributed by atoms with Crippen LogP contribution in [0.1, 0.15) is 36.2 Å². The summed E-state index contributed by atoms with van der Waals surface area (Å²) in [4.78, 5) is 7.16. The fraction of sp³-hybridized carbons (Fsp3) is 0.438. The van der Waals surface area contributed by atoms with E-state index in [1.54, 1.807) is 23.5 Å². The Hall–Kier alpha value is -1.24. The predicted molar refractivity (Wildman–Crippen MR) is 90.9 cm³/mol. The Morgan fingerprint density at radius 3 is 2.41 bits per heavy atom. The summed E-state index contributed by atoms with van der Waals surface area (Å²) in [6.45, 7) is 5.01. The molecule has 0 aliphatic heterocycles. The van der Waals surface area contributed by atoms with Crippen LogP contribution in [0.2, 0.25) is 0 Å². The van der Waals surface area contributed by atoms with Crippen molar-refractivity contribution in [3.8, 4) is 0 Å². The van der Waals surface area contributed by atoms with Crippen molar-refractivity contribution in [3.05, 3.63) is 45.9 Å². The third-order valence-corrected chi connectivity index (χ3v) is 5.94. The maximum absolute atomic E-state index is 11.5. The van der Waals surface area contributed by atoms with Gasteiger partial charge in [-0.05, 0) is 38.1 Å². The molecule has 0 aliphatic carbocycles. The van der Waals surface area contributed by atoms with Crippen LogP contribution in [-0.4, -0.2) is 31.6 Å². The number of hydrogen-bond donors (Lipinski definition) is 0. The van der Waals surface area contributed by atoms with Crippen LogP contribution in [0.25, 0.3) is 0 Å². The maximum atomic E-state index is 11.5. The molecule has 2 aromatic rings. The van der Waals surface area contributed by atoms with Gasteiger partial charge in [0.25, 0.3) is 0 Å². The van der Waals surface area contributed by atoms with Crippen LogP contribution in [0.4, 0.5) is 0 Å². The van der Waals surface area contributed by atoms with E-state index in [0.717, 1.165) is 29.2 Å². The van der Waals surface area contributed by atoms with Gasteiger partial charge in [0.2, 0.25) is 0 Å². The number of aryl methyl sites for hydroxylation is 1. The summed E-state index contributed by atoms with van der Waals surface area (Å²) in [6.07, 6.45) is 2.20. The van der Waals surface area contributed by atoms with E-state index in [9.17, 15) is 8.42 Å². The van der Waals surface area contributed by atoms with E-state index in [4.69, 9.17) is 0 Å². The molecule has 120 valence electrons. The zero-order chi connectivity index (χ0) is 16.3. The second-order valence-electron chi connectivity index (χ2n) is 5.52. The molecule has 2 rings (SSSR count). The van der Waals surface area contributed by atoms with Crippen molar-refractivity contribution in [1.29, 1.82) is 0 Å². The molecular formula is C16H22N2O2S2. The molecule has 0 radical (unpaired) electrons. The van der Waals surface area contributed by atoms with Gasteiger partial charge >= 0.3 is 0 Å². The molecule has 0 aliphatic rings. The van der Waals surface area contributed by atoms with E-state index in [1.807, 2.05) is 12.1 Å². The van der Waals surface area contributed by atoms with Crippen LogP contribution in [0, 0.1) is 0 Å². The summed E-state index contributed by atoms with van der Waals surface area (Å²) >= 11 is 1.70. The summed E-state index contributed by atoms with van der Waals surface area (Å²) in [5.74, 6) is 0. The summed E-state index contributed by atoms with van der Waals surface area (Å²) in [6, 6.07) is 7.31. The molecule has 0 unspecified atom stereocenters. The van der Waals surface area contributed by atoms with Crippen LogP contribution in [-0.2, 0) is 22.8 Å². The number of sulfone groups is 1. The smallest absolute Gasteiger partial charge is 0.175 e. The third kappa shape index (κ3) is 4.15. The zero-order valence-electron chi connectivity index (χ0n) is 13.4. The first kappa shape index (κ1) is 17.1. The molecule has 22 heavy (non-hydrogen) atoms. The maximum Gasteiger partial charge on any atom is 0.175 e. The highest BCUT2D eigenvalue weighted by molar-refractivity contribution is 7.90. The van der Waals surface area contributed by atoms with Gasteiger partial charge in [-0.2, -0.15) is 0 Å². The van der Waals surface area contributed by atoms with Gasteiger partial charge in [-0.15, -0.1) is 11.3 Å². The molecule has 6 heteroatoms. The van der Waals surface area contributed by atoms with Gasteiger partial charge in [-0.1, -0.05) is 19.1 Å². The Labute approximate surface area is 136 Å². The van der Waals surface area contributed by atoms with Gasteiger partial charge < -0.3 is 0 Å². The zero-order valence-corrected chi connectivity index (χ0v) is 15.0. The molecule has 0 spiro atoms. The summed E-state index contributed by atoms with van der Waals surface area (Å²) in [5, 5.41) is 3.27. The van der Waals surface area contributed by atoms with Crippen LogP contribution in [0.5, 0.6) is 0 Å². The lowest BCUT2D eigenvalue weighted by Crippen LogP contribution is -2.22. The largest absolute Gasteiger partial charge is 0.294 e. The number of thiazole rings is 1. The van der Waals surface area contributed by atoms with Gasteiger partial charge in [0.15, 0.2) is 9.84 Å². The second-order valence-corrected chi connectivity index (χ2v) is 8.48. The van der Waals surface area contributed by atoms with E-state index in [-0.39, 0.29) is 6.04 Å². The molecule has 0 saturated heterocycles.